The number of sulfonamides is 1. The summed E-state index contributed by atoms with van der Waals surface area (Å²) in [5, 5.41) is 7.12. The molecule has 1 amide bonds. The van der Waals surface area contributed by atoms with Crippen molar-refractivity contribution in [2.75, 3.05) is 34.3 Å². The number of hydrogen-bond donors (Lipinski definition) is 1. The van der Waals surface area contributed by atoms with Crippen molar-refractivity contribution in [3.63, 3.8) is 0 Å². The molecule has 0 atom stereocenters. The summed E-state index contributed by atoms with van der Waals surface area (Å²) >= 11 is 0. The Morgan fingerprint density at radius 2 is 1.54 bits per heavy atom. The summed E-state index contributed by atoms with van der Waals surface area (Å²) in [6, 6.07) is 9.84. The fourth-order valence-electron chi connectivity index (χ4n) is 5.14. The lowest BCUT2D eigenvalue weighted by molar-refractivity contribution is -0.192. The molecule has 0 bridgehead atoms. The van der Waals surface area contributed by atoms with Crippen molar-refractivity contribution in [1.29, 1.82) is 0 Å². The standard InChI is InChI=1S/C29H36FN3O5S.C2HF3O2/c1-20-10-26(37-5)11-21(2)28(20)39(35,36)32(4)18-27-15-24(19-38-27)29(34)31(3)16-22-12-23(14-25(30)13-22)17-33-8-6-7-9-33;3-2(4,5)1(6)7/h10-15,19H,6-9,16-18H2,1-5H3;(H,6,7). The lowest BCUT2D eigenvalue weighted by Crippen LogP contribution is -2.28. The van der Waals surface area contributed by atoms with Gasteiger partial charge in [-0.2, -0.15) is 17.5 Å². The molecule has 1 fully saturated rings. The molecule has 1 saturated heterocycles. The van der Waals surface area contributed by atoms with E-state index in [0.717, 1.165) is 31.5 Å². The van der Waals surface area contributed by atoms with Crippen molar-refractivity contribution < 1.29 is 49.8 Å². The van der Waals surface area contributed by atoms with Crippen molar-refractivity contribution in [1.82, 2.24) is 14.1 Å². The third-order valence-electron chi connectivity index (χ3n) is 7.25. The number of carbonyl (C=O) groups is 2. The van der Waals surface area contributed by atoms with E-state index in [-0.39, 0.29) is 29.7 Å². The molecule has 0 aliphatic carbocycles. The Hall–Kier alpha value is -3.95. The summed E-state index contributed by atoms with van der Waals surface area (Å²) in [5.41, 5.74) is 3.06. The van der Waals surface area contributed by atoms with Gasteiger partial charge in [0.2, 0.25) is 10.0 Å². The zero-order valence-corrected chi connectivity index (χ0v) is 27.0. The van der Waals surface area contributed by atoms with Crippen LogP contribution >= 0.6 is 0 Å². The highest BCUT2D eigenvalue weighted by atomic mass is 32.2. The molecule has 1 aliphatic heterocycles. The molecule has 0 unspecified atom stereocenters. The van der Waals surface area contributed by atoms with Crippen LogP contribution in [-0.2, 0) is 34.5 Å². The Morgan fingerprint density at radius 1 is 0.978 bits per heavy atom. The number of carboxylic acid groups (broad SMARTS) is 1. The number of rotatable bonds is 10. The lowest BCUT2D eigenvalue weighted by Gasteiger charge is -2.20. The molecule has 3 aromatic rings. The van der Waals surface area contributed by atoms with E-state index in [1.807, 2.05) is 6.07 Å². The smallest absolute Gasteiger partial charge is 0.490 e. The normalized spacial score (nSPS) is 13.8. The predicted molar refractivity (Wildman–Crippen MR) is 160 cm³/mol. The van der Waals surface area contributed by atoms with Gasteiger partial charge in [0.15, 0.2) is 0 Å². The predicted octanol–water partition coefficient (Wildman–Crippen LogP) is 5.37. The van der Waals surface area contributed by atoms with Crippen LogP contribution in [0.1, 0.15) is 51.2 Å². The molecule has 15 heteroatoms. The number of ether oxygens (including phenoxy) is 1. The molecule has 0 spiro atoms. The average molecular weight is 672 g/mol. The molecule has 0 radical (unpaired) electrons. The number of furan rings is 1. The Kier molecular flexibility index (Phi) is 12.0. The summed E-state index contributed by atoms with van der Waals surface area (Å²) in [4.78, 5) is 26.0. The van der Waals surface area contributed by atoms with E-state index in [1.165, 1.54) is 35.7 Å². The maximum atomic E-state index is 14.3. The van der Waals surface area contributed by atoms with Gasteiger partial charge in [-0.3, -0.25) is 9.69 Å². The summed E-state index contributed by atoms with van der Waals surface area (Å²) < 4.78 is 84.7. The number of aryl methyl sites for hydroxylation is 2. The first-order chi connectivity index (χ1) is 21.4. The molecular weight excluding hydrogens is 634 g/mol. The monoisotopic (exact) mass is 671 g/mol. The number of aliphatic carboxylic acids is 1. The molecular formula is C31H37F4N3O7S. The van der Waals surface area contributed by atoms with Crippen LogP contribution in [-0.4, -0.2) is 80.0 Å². The Labute approximate surface area is 265 Å². The van der Waals surface area contributed by atoms with Gasteiger partial charge < -0.3 is 19.2 Å². The zero-order valence-electron chi connectivity index (χ0n) is 26.1. The van der Waals surface area contributed by atoms with Gasteiger partial charge >= 0.3 is 12.1 Å². The van der Waals surface area contributed by atoms with Crippen LogP contribution in [0.3, 0.4) is 0 Å². The van der Waals surface area contributed by atoms with Gasteiger partial charge in [-0.05, 0) is 92.4 Å². The zero-order chi connectivity index (χ0) is 34.4. The van der Waals surface area contributed by atoms with Crippen LogP contribution in [0.5, 0.6) is 5.75 Å². The number of carboxylic acids is 1. The quantitative estimate of drug-likeness (QED) is 0.286. The van der Waals surface area contributed by atoms with Crippen molar-refractivity contribution in [2.24, 2.45) is 0 Å². The molecule has 10 nitrogen and oxygen atoms in total. The number of carbonyl (C=O) groups excluding carboxylic acids is 1. The largest absolute Gasteiger partial charge is 0.497 e. The minimum atomic E-state index is -5.08. The van der Waals surface area contributed by atoms with E-state index in [2.05, 4.69) is 4.90 Å². The highest BCUT2D eigenvalue weighted by Gasteiger charge is 2.38. The van der Waals surface area contributed by atoms with Crippen molar-refractivity contribution in [2.45, 2.75) is 57.4 Å². The summed E-state index contributed by atoms with van der Waals surface area (Å²) in [7, 11) is 0.825. The first kappa shape index (κ1) is 36.5. The molecule has 1 N–H and O–H groups in total. The number of methoxy groups -OCH3 is 1. The summed E-state index contributed by atoms with van der Waals surface area (Å²) in [6.45, 7) is 6.36. The van der Waals surface area contributed by atoms with Crippen molar-refractivity contribution in [3.8, 4) is 5.75 Å². The minimum absolute atomic E-state index is 0.0476. The van der Waals surface area contributed by atoms with Crippen LogP contribution in [0.4, 0.5) is 17.6 Å². The van der Waals surface area contributed by atoms with Crippen molar-refractivity contribution >= 4 is 21.9 Å². The Bertz CT molecular complexity index is 1630. The Morgan fingerprint density at radius 3 is 2.09 bits per heavy atom. The van der Waals surface area contributed by atoms with E-state index in [0.29, 0.717) is 40.3 Å². The van der Waals surface area contributed by atoms with Gasteiger partial charge in [-0.1, -0.05) is 6.07 Å². The van der Waals surface area contributed by atoms with E-state index in [9.17, 15) is 30.8 Å². The number of amides is 1. The molecule has 2 heterocycles. The topological polar surface area (TPSA) is 121 Å². The van der Waals surface area contributed by atoms with Crippen LogP contribution in [0.25, 0.3) is 0 Å². The highest BCUT2D eigenvalue weighted by Crippen LogP contribution is 2.29. The molecule has 46 heavy (non-hydrogen) atoms. The highest BCUT2D eigenvalue weighted by molar-refractivity contribution is 7.89. The van der Waals surface area contributed by atoms with Crippen LogP contribution in [0.2, 0.25) is 0 Å². The van der Waals surface area contributed by atoms with Gasteiger partial charge in [0.1, 0.15) is 23.6 Å². The number of halogens is 4. The summed E-state index contributed by atoms with van der Waals surface area (Å²) in [5.74, 6) is -2.46. The summed E-state index contributed by atoms with van der Waals surface area (Å²) in [6.07, 6.45) is -1.44. The number of hydrogen-bond acceptors (Lipinski definition) is 7. The maximum Gasteiger partial charge on any atom is 0.490 e. The second-order valence-electron chi connectivity index (χ2n) is 11.1. The van der Waals surface area contributed by atoms with Gasteiger partial charge in [0.05, 0.1) is 24.1 Å². The van der Waals surface area contributed by atoms with Crippen molar-refractivity contribution in [3.05, 3.63) is 82.1 Å². The van der Waals surface area contributed by atoms with E-state index in [4.69, 9.17) is 19.1 Å². The third-order valence-corrected chi connectivity index (χ3v) is 9.36. The van der Waals surface area contributed by atoms with E-state index in [1.54, 1.807) is 45.2 Å². The number of alkyl halides is 3. The SMILES string of the molecule is COc1cc(C)c(S(=O)(=O)N(C)Cc2cc(C(=O)N(C)Cc3cc(F)cc(CN4CCCC4)c3)co2)c(C)c1.O=C(O)C(F)(F)F. The number of likely N-dealkylation sites (tertiary alicyclic amines) is 1. The van der Waals surface area contributed by atoms with Crippen LogP contribution in [0, 0.1) is 19.7 Å². The lowest BCUT2D eigenvalue weighted by atomic mass is 10.1. The average Bonchev–Trinajstić information content (AvgIpc) is 3.64. The van der Waals surface area contributed by atoms with Gasteiger partial charge in [-0.25, -0.2) is 17.6 Å². The molecule has 252 valence electrons. The fourth-order valence-corrected chi connectivity index (χ4v) is 6.68. The third kappa shape index (κ3) is 9.53. The van der Waals surface area contributed by atoms with Gasteiger partial charge in [0.25, 0.3) is 5.91 Å². The van der Waals surface area contributed by atoms with Gasteiger partial charge in [0, 0.05) is 27.2 Å². The molecule has 1 aliphatic rings. The Balaban J connectivity index is 0.000000738. The second kappa shape index (κ2) is 15.1. The first-order valence-corrected chi connectivity index (χ1v) is 15.6. The van der Waals surface area contributed by atoms with Crippen LogP contribution < -0.4 is 4.74 Å². The van der Waals surface area contributed by atoms with Gasteiger partial charge in [-0.15, -0.1) is 0 Å². The van der Waals surface area contributed by atoms with E-state index >= 15 is 0 Å². The fraction of sp³-hybridized carbons (Fsp3) is 0.419. The first-order valence-electron chi connectivity index (χ1n) is 14.2. The van der Waals surface area contributed by atoms with E-state index < -0.39 is 22.2 Å². The number of benzene rings is 2. The maximum absolute atomic E-state index is 14.3. The molecule has 4 rings (SSSR count). The van der Waals surface area contributed by atoms with Crippen LogP contribution in [0.15, 0.2) is 52.0 Å². The molecule has 2 aromatic carbocycles. The minimum Gasteiger partial charge on any atom is -0.497 e. The second-order valence-corrected chi connectivity index (χ2v) is 13.0. The number of nitrogens with zero attached hydrogens (tertiary/aromatic N) is 3. The molecule has 0 saturated carbocycles. The molecule has 1 aromatic heterocycles.